The van der Waals surface area contributed by atoms with E-state index in [2.05, 4.69) is 9.97 Å². The second-order valence-electron chi connectivity index (χ2n) is 11.0. The molecular formula is C37H26N4O6. The van der Waals surface area contributed by atoms with E-state index in [0.29, 0.717) is 44.3 Å². The third-order valence-electron chi connectivity index (χ3n) is 8.22. The van der Waals surface area contributed by atoms with Crippen LogP contribution in [-0.2, 0) is 13.1 Å². The summed E-state index contributed by atoms with van der Waals surface area (Å²) in [7, 11) is 1.54. The zero-order valence-electron chi connectivity index (χ0n) is 25.1. The van der Waals surface area contributed by atoms with Gasteiger partial charge < -0.3 is 9.84 Å². The van der Waals surface area contributed by atoms with E-state index >= 15 is 0 Å². The van der Waals surface area contributed by atoms with Crippen molar-refractivity contribution in [2.45, 2.75) is 13.1 Å². The molecule has 0 bridgehead atoms. The van der Waals surface area contributed by atoms with Crippen LogP contribution in [0.1, 0.15) is 52.6 Å². The summed E-state index contributed by atoms with van der Waals surface area (Å²) in [5.74, 6) is -0.849. The summed E-state index contributed by atoms with van der Waals surface area (Å²) in [6, 6.07) is 28.4. The van der Waals surface area contributed by atoms with Crippen molar-refractivity contribution in [1.82, 2.24) is 19.8 Å². The molecule has 10 nitrogen and oxygen atoms in total. The number of carbonyl (C=O) groups excluding carboxylic acids is 4. The number of aromatic hydroxyl groups is 1. The standard InChI is InChI=1S/C19H14N2O3.C18H12N2O3/c1-24-15-8-7-13-16-14(9-10-20-17(15)16)19(23)21(18(13)22)11-12-5-3-2-4-6-12;21-14-7-6-12-15-13(8-9-19-16(14)15)18(23)20(17(12)22)10-11-4-2-1-3-5-11/h2-10H,11H2,1H3;1-9,21H,10H2. The zero-order chi connectivity index (χ0) is 32.7. The van der Waals surface area contributed by atoms with Crippen molar-refractivity contribution in [3.8, 4) is 11.5 Å². The molecule has 0 saturated heterocycles. The highest BCUT2D eigenvalue weighted by Gasteiger charge is 2.35. The second kappa shape index (κ2) is 11.8. The van der Waals surface area contributed by atoms with Gasteiger partial charge in [0.2, 0.25) is 0 Å². The molecule has 0 radical (unpaired) electrons. The minimum absolute atomic E-state index is 0.0392. The SMILES string of the molecule is COc1ccc2c3c(ccnc13)C(=O)N(Cc1ccccc1)C2=O.O=C1c2ccnc3c(O)ccc(c23)C(=O)N1Cc1ccccc1. The Morgan fingerprint density at radius 1 is 0.553 bits per heavy atom. The van der Waals surface area contributed by atoms with Gasteiger partial charge in [0.25, 0.3) is 23.6 Å². The number of carbonyl (C=O) groups is 4. The molecule has 8 rings (SSSR count). The fourth-order valence-corrected chi connectivity index (χ4v) is 5.96. The number of hydrogen-bond donors (Lipinski definition) is 1. The van der Waals surface area contributed by atoms with Crippen LogP contribution in [0.4, 0.5) is 0 Å². The predicted octanol–water partition coefficient (Wildman–Crippen LogP) is 5.78. The molecule has 4 amide bonds. The van der Waals surface area contributed by atoms with E-state index in [-0.39, 0.29) is 48.0 Å². The van der Waals surface area contributed by atoms with E-state index < -0.39 is 0 Å². The summed E-state index contributed by atoms with van der Waals surface area (Å²) in [6.45, 7) is 0.455. The lowest BCUT2D eigenvalue weighted by Crippen LogP contribution is -2.39. The van der Waals surface area contributed by atoms with Gasteiger partial charge >= 0.3 is 0 Å². The van der Waals surface area contributed by atoms with Crippen LogP contribution in [0.3, 0.4) is 0 Å². The smallest absolute Gasteiger partial charge is 0.261 e. The largest absolute Gasteiger partial charge is 0.506 e. The number of nitrogens with zero attached hydrogens (tertiary/aromatic N) is 4. The number of phenolic OH excluding ortho intramolecular Hbond substituents is 1. The maximum absolute atomic E-state index is 12.9. The van der Waals surface area contributed by atoms with Crippen LogP contribution in [0.15, 0.2) is 109 Å². The lowest BCUT2D eigenvalue weighted by Gasteiger charge is -2.27. The average Bonchev–Trinajstić information content (AvgIpc) is 3.11. The number of pyridine rings is 2. The molecule has 47 heavy (non-hydrogen) atoms. The van der Waals surface area contributed by atoms with Gasteiger partial charge in [0.1, 0.15) is 22.5 Å². The molecule has 0 atom stereocenters. The van der Waals surface area contributed by atoms with Crippen LogP contribution >= 0.6 is 0 Å². The van der Waals surface area contributed by atoms with Crippen molar-refractivity contribution in [1.29, 1.82) is 0 Å². The Balaban J connectivity index is 0.000000150. The molecule has 10 heteroatoms. The van der Waals surface area contributed by atoms with Crippen LogP contribution in [-0.4, -0.2) is 55.6 Å². The van der Waals surface area contributed by atoms with Crippen LogP contribution < -0.4 is 4.74 Å². The predicted molar refractivity (Wildman–Crippen MR) is 173 cm³/mol. The Morgan fingerprint density at radius 2 is 0.979 bits per heavy atom. The highest BCUT2D eigenvalue weighted by Crippen LogP contribution is 2.35. The Kier molecular flexibility index (Phi) is 7.37. The maximum Gasteiger partial charge on any atom is 0.261 e. The first kappa shape index (κ1) is 29.3. The number of ether oxygens (including phenoxy) is 1. The number of methoxy groups -OCH3 is 1. The quantitative estimate of drug-likeness (QED) is 0.240. The molecule has 230 valence electrons. The van der Waals surface area contributed by atoms with Gasteiger partial charge in [0.05, 0.1) is 42.5 Å². The molecule has 2 aliphatic heterocycles. The van der Waals surface area contributed by atoms with Crippen LogP contribution in [0, 0.1) is 0 Å². The molecule has 0 unspecified atom stereocenters. The van der Waals surface area contributed by atoms with Gasteiger partial charge in [-0.25, -0.2) is 0 Å². The summed E-state index contributed by atoms with van der Waals surface area (Å²) < 4.78 is 5.30. The van der Waals surface area contributed by atoms with E-state index in [1.807, 2.05) is 60.7 Å². The summed E-state index contributed by atoms with van der Waals surface area (Å²) in [5.41, 5.74) is 4.32. The molecule has 4 aromatic carbocycles. The first-order chi connectivity index (χ1) is 22.9. The summed E-state index contributed by atoms with van der Waals surface area (Å²) in [4.78, 5) is 62.0. The molecule has 0 spiro atoms. The van der Waals surface area contributed by atoms with Gasteiger partial charge in [-0.1, -0.05) is 60.7 Å². The minimum Gasteiger partial charge on any atom is -0.506 e. The number of imide groups is 2. The van der Waals surface area contributed by atoms with Crippen molar-refractivity contribution >= 4 is 45.4 Å². The maximum atomic E-state index is 12.9. The Hall–Kier alpha value is -6.42. The monoisotopic (exact) mass is 622 g/mol. The lowest BCUT2D eigenvalue weighted by atomic mass is 9.96. The van der Waals surface area contributed by atoms with Gasteiger partial charge in [0, 0.05) is 23.2 Å². The number of benzene rings is 4. The summed E-state index contributed by atoms with van der Waals surface area (Å²) in [5, 5.41) is 10.9. The minimum atomic E-state index is -0.371. The fourth-order valence-electron chi connectivity index (χ4n) is 5.96. The number of hydrogen-bond acceptors (Lipinski definition) is 8. The van der Waals surface area contributed by atoms with Crippen LogP contribution in [0.25, 0.3) is 21.8 Å². The van der Waals surface area contributed by atoms with Gasteiger partial charge in [0.15, 0.2) is 0 Å². The van der Waals surface area contributed by atoms with Gasteiger partial charge in [-0.2, -0.15) is 0 Å². The van der Waals surface area contributed by atoms with Gasteiger partial charge in [-0.15, -0.1) is 0 Å². The molecule has 2 aliphatic rings. The van der Waals surface area contributed by atoms with E-state index in [1.54, 1.807) is 37.6 Å². The number of rotatable bonds is 5. The third kappa shape index (κ3) is 5.01. The van der Waals surface area contributed by atoms with Gasteiger partial charge in [-0.05, 0) is 47.5 Å². The zero-order valence-corrected chi connectivity index (χ0v) is 25.1. The molecule has 2 aromatic heterocycles. The average molecular weight is 623 g/mol. The number of aromatic nitrogens is 2. The lowest BCUT2D eigenvalue weighted by molar-refractivity contribution is 0.0583. The van der Waals surface area contributed by atoms with Crippen LogP contribution in [0.5, 0.6) is 11.5 Å². The molecule has 1 N–H and O–H groups in total. The van der Waals surface area contributed by atoms with Crippen molar-refractivity contribution in [2.24, 2.45) is 0 Å². The number of phenols is 1. The Morgan fingerprint density at radius 3 is 1.47 bits per heavy atom. The van der Waals surface area contributed by atoms with Gasteiger partial charge in [-0.3, -0.25) is 38.9 Å². The third-order valence-corrected chi connectivity index (χ3v) is 8.22. The van der Waals surface area contributed by atoms with E-state index in [4.69, 9.17) is 4.74 Å². The van der Waals surface area contributed by atoms with E-state index in [9.17, 15) is 24.3 Å². The van der Waals surface area contributed by atoms with Crippen molar-refractivity contribution in [2.75, 3.05) is 7.11 Å². The molecule has 4 heterocycles. The summed E-state index contributed by atoms with van der Waals surface area (Å²) in [6.07, 6.45) is 3.04. The molecule has 0 fully saturated rings. The van der Waals surface area contributed by atoms with Crippen molar-refractivity contribution in [3.05, 3.63) is 143 Å². The normalized spacial score (nSPS) is 13.6. The van der Waals surface area contributed by atoms with Crippen molar-refractivity contribution in [3.63, 3.8) is 0 Å². The Labute approximate surface area is 268 Å². The first-order valence-electron chi connectivity index (χ1n) is 14.7. The number of amides is 4. The summed E-state index contributed by atoms with van der Waals surface area (Å²) >= 11 is 0. The van der Waals surface area contributed by atoms with Crippen molar-refractivity contribution < 1.29 is 29.0 Å². The topological polar surface area (TPSA) is 130 Å². The molecule has 0 aliphatic carbocycles. The Bertz CT molecular complexity index is 2190. The highest BCUT2D eigenvalue weighted by molar-refractivity contribution is 6.26. The van der Waals surface area contributed by atoms with Crippen LogP contribution in [0.2, 0.25) is 0 Å². The fraction of sp³-hybridized carbons (Fsp3) is 0.0811. The van der Waals surface area contributed by atoms with E-state index in [0.717, 1.165) is 11.1 Å². The highest BCUT2D eigenvalue weighted by atomic mass is 16.5. The molecule has 0 saturated carbocycles. The molecular weight excluding hydrogens is 596 g/mol. The second-order valence-corrected chi connectivity index (χ2v) is 11.0. The molecule has 6 aromatic rings. The van der Waals surface area contributed by atoms with E-state index in [1.165, 1.54) is 28.1 Å². The first-order valence-corrected chi connectivity index (χ1v) is 14.7.